The maximum atomic E-state index is 13.4. The highest BCUT2D eigenvalue weighted by atomic mass is 32.2. The van der Waals surface area contributed by atoms with Crippen molar-refractivity contribution in [1.29, 1.82) is 0 Å². The van der Waals surface area contributed by atoms with E-state index >= 15 is 0 Å². The summed E-state index contributed by atoms with van der Waals surface area (Å²) in [5.41, 5.74) is 3.96. The number of Topliss-reactive ketones (excluding diaryl/α,β-unsaturated/α-hetero) is 2. The molecule has 0 aromatic heterocycles. The highest BCUT2D eigenvalue weighted by molar-refractivity contribution is 7.91. The maximum absolute atomic E-state index is 13.4. The van der Waals surface area contributed by atoms with Crippen LogP contribution in [-0.4, -0.2) is 80.9 Å². The van der Waals surface area contributed by atoms with Crippen molar-refractivity contribution in [2.75, 3.05) is 21.5 Å². The highest BCUT2D eigenvalue weighted by Gasteiger charge is 2.35. The quantitative estimate of drug-likeness (QED) is 0.0815. The predicted octanol–water partition coefficient (Wildman–Crippen LogP) is 4.23. The fourth-order valence-corrected chi connectivity index (χ4v) is 8.25. The summed E-state index contributed by atoms with van der Waals surface area (Å²) >= 11 is 0. The normalized spacial score (nSPS) is 15.8. The number of ketones is 2. The molecule has 0 saturated carbocycles. The van der Waals surface area contributed by atoms with E-state index < -0.39 is 89.1 Å². The fourth-order valence-electron chi connectivity index (χ4n) is 5.81. The van der Waals surface area contributed by atoms with Gasteiger partial charge in [-0.1, -0.05) is 0 Å². The van der Waals surface area contributed by atoms with E-state index in [1.807, 2.05) is 0 Å². The minimum absolute atomic E-state index is 0.0240. The molecule has 0 unspecified atom stereocenters. The molecule has 0 saturated heterocycles. The molecule has 0 heterocycles. The number of urea groups is 1. The zero-order valence-corrected chi connectivity index (χ0v) is 33.7. The van der Waals surface area contributed by atoms with Crippen molar-refractivity contribution in [3.8, 4) is 0 Å². The van der Waals surface area contributed by atoms with E-state index in [0.717, 1.165) is 36.4 Å². The summed E-state index contributed by atoms with van der Waals surface area (Å²) in [7, 11) is -19.2. The van der Waals surface area contributed by atoms with Crippen molar-refractivity contribution in [3.05, 3.63) is 116 Å². The minimum Gasteiger partial charge on any atom is -0.308 e. The molecule has 0 aliphatic heterocycles. The highest BCUT2D eigenvalue weighted by Crippen LogP contribution is 2.31. The number of hydrogen-bond donors (Lipinski definition) is 8. The Morgan fingerprint density at radius 3 is 1.20 bits per heavy atom. The van der Waals surface area contributed by atoms with Gasteiger partial charge in [0.15, 0.2) is 11.4 Å². The lowest BCUT2D eigenvalue weighted by molar-refractivity contribution is 0.105. The van der Waals surface area contributed by atoms with Gasteiger partial charge in [-0.3, -0.25) is 38.7 Å². The summed E-state index contributed by atoms with van der Waals surface area (Å²) in [4.78, 5) is 37.2. The van der Waals surface area contributed by atoms with Gasteiger partial charge in [0.25, 0.3) is 40.5 Å². The van der Waals surface area contributed by atoms with Gasteiger partial charge in [0.05, 0.1) is 21.2 Å². The number of aryl methyl sites for hydroxylation is 2. The second-order valence-corrected chi connectivity index (χ2v) is 18.5. The fraction of sp³-hybridized carbons (Fsp3) is 0.0571. The Labute approximate surface area is 340 Å². The van der Waals surface area contributed by atoms with Gasteiger partial charge in [0.2, 0.25) is 11.6 Å². The number of rotatable bonds is 10. The molecule has 6 rings (SSSR count). The minimum atomic E-state index is -5.08. The number of carbonyl (C=O) groups is 3. The van der Waals surface area contributed by atoms with Crippen molar-refractivity contribution in [3.63, 3.8) is 0 Å². The van der Waals surface area contributed by atoms with Crippen molar-refractivity contribution in [1.82, 2.24) is 0 Å². The number of nitrogens with zero attached hydrogens (tertiary/aromatic N) is 2. The van der Waals surface area contributed by atoms with Crippen LogP contribution in [0.2, 0.25) is 0 Å². The number of benzene rings is 4. The van der Waals surface area contributed by atoms with Gasteiger partial charge >= 0.3 is 6.03 Å². The molecule has 21 nitrogen and oxygen atoms in total. The second-order valence-electron chi connectivity index (χ2n) is 12.9. The van der Waals surface area contributed by atoms with Crippen LogP contribution in [0.15, 0.2) is 103 Å². The molecule has 312 valence electrons. The lowest BCUT2D eigenvalue weighted by Gasteiger charge is -2.18. The van der Waals surface area contributed by atoms with E-state index in [0.29, 0.717) is 0 Å². The first-order valence-corrected chi connectivity index (χ1v) is 22.3. The first-order chi connectivity index (χ1) is 27.8. The SMILES string of the molecule is Cc1cc(S(=O)(=O)O)ccc1NN=C1C(=O)c2ccc(NC(=O)Nc3ccc4c(c3)C=C(S(=O)(=O)O)C(=NNc3ccc(S(=O)(=O)O)cc3C)C4=O)cc2C=C1S(=O)(=O)O. The van der Waals surface area contributed by atoms with Crippen LogP contribution in [-0.2, 0) is 40.5 Å². The Morgan fingerprint density at radius 2 is 0.883 bits per heavy atom. The Hall–Kier alpha value is -6.45. The van der Waals surface area contributed by atoms with E-state index in [4.69, 9.17) is 0 Å². The number of hydrogen-bond acceptors (Lipinski definition) is 15. The lowest BCUT2D eigenvalue weighted by atomic mass is 9.94. The summed E-state index contributed by atoms with van der Waals surface area (Å²) in [6, 6.07) is 13.2. The smallest absolute Gasteiger partial charge is 0.308 e. The van der Waals surface area contributed by atoms with Crippen LogP contribution in [0.5, 0.6) is 0 Å². The summed E-state index contributed by atoms with van der Waals surface area (Å²) in [6.45, 7) is 2.89. The van der Waals surface area contributed by atoms with E-state index in [1.54, 1.807) is 0 Å². The third-order valence-corrected chi connectivity index (χ3v) is 12.1. The third kappa shape index (κ3) is 9.22. The van der Waals surface area contributed by atoms with Crippen LogP contribution in [0, 0.1) is 13.8 Å². The van der Waals surface area contributed by atoms with Gasteiger partial charge in [0, 0.05) is 22.5 Å². The Morgan fingerprint density at radius 1 is 0.517 bits per heavy atom. The molecule has 8 N–H and O–H groups in total. The van der Waals surface area contributed by atoms with Gasteiger partial charge in [-0.15, -0.1) is 0 Å². The second kappa shape index (κ2) is 15.6. The van der Waals surface area contributed by atoms with E-state index in [-0.39, 0.29) is 56.1 Å². The number of hydrazone groups is 2. The van der Waals surface area contributed by atoms with Crippen molar-refractivity contribution in [2.45, 2.75) is 23.6 Å². The number of fused-ring (bicyclic) bond motifs is 2. The Balaban J connectivity index is 1.21. The van der Waals surface area contributed by atoms with Crippen LogP contribution in [0.4, 0.5) is 27.5 Å². The van der Waals surface area contributed by atoms with Crippen molar-refractivity contribution >= 4 is 104 Å². The number of allylic oxidation sites excluding steroid dienone is 2. The van der Waals surface area contributed by atoms with Gasteiger partial charge in [-0.2, -0.15) is 43.9 Å². The third-order valence-electron chi connectivity index (χ3n) is 8.70. The van der Waals surface area contributed by atoms with Crippen LogP contribution in [0.1, 0.15) is 43.0 Å². The van der Waals surface area contributed by atoms with Gasteiger partial charge < -0.3 is 10.6 Å². The maximum Gasteiger partial charge on any atom is 0.323 e. The predicted molar refractivity (Wildman–Crippen MR) is 217 cm³/mol. The van der Waals surface area contributed by atoms with Gasteiger partial charge in [-0.25, -0.2) is 4.79 Å². The summed E-state index contributed by atoms with van der Waals surface area (Å²) in [6.07, 6.45) is 1.86. The average Bonchev–Trinajstić information content (AvgIpc) is 3.13. The van der Waals surface area contributed by atoms with Crippen LogP contribution in [0.25, 0.3) is 12.2 Å². The molecule has 2 aliphatic carbocycles. The van der Waals surface area contributed by atoms with Crippen molar-refractivity contribution in [2.24, 2.45) is 10.2 Å². The lowest BCUT2D eigenvalue weighted by Crippen LogP contribution is -2.27. The first-order valence-electron chi connectivity index (χ1n) is 16.5. The Kier molecular flexibility index (Phi) is 11.2. The molecule has 25 heteroatoms. The molecular formula is C35H28N6O15S4. The van der Waals surface area contributed by atoms with Gasteiger partial charge in [-0.05, 0) is 121 Å². The largest absolute Gasteiger partial charge is 0.323 e. The van der Waals surface area contributed by atoms with Crippen LogP contribution in [0.3, 0.4) is 0 Å². The molecule has 60 heavy (non-hydrogen) atoms. The molecule has 2 aliphatic rings. The number of nitrogens with one attached hydrogen (secondary N) is 4. The number of anilines is 4. The van der Waals surface area contributed by atoms with Crippen LogP contribution >= 0.6 is 0 Å². The molecule has 4 aromatic carbocycles. The zero-order chi connectivity index (χ0) is 44.1. The molecular weight excluding hydrogens is 873 g/mol. The van der Waals surface area contributed by atoms with Gasteiger partial charge in [0.1, 0.15) is 9.81 Å². The molecule has 0 radical (unpaired) electrons. The topological polar surface area (TPSA) is 342 Å². The number of carbonyl (C=O) groups excluding carboxylic acids is 3. The molecule has 4 aromatic rings. The molecule has 0 atom stereocenters. The summed E-state index contributed by atoms with van der Waals surface area (Å²) < 4.78 is 134. The van der Waals surface area contributed by atoms with Crippen LogP contribution < -0.4 is 21.5 Å². The Bertz CT molecular complexity index is 2970. The van der Waals surface area contributed by atoms with Crippen molar-refractivity contribution < 1.29 is 66.3 Å². The summed E-state index contributed by atoms with van der Waals surface area (Å²) in [5.74, 6) is -1.91. The average molecular weight is 901 g/mol. The van der Waals surface area contributed by atoms with E-state index in [9.17, 15) is 66.3 Å². The summed E-state index contributed by atoms with van der Waals surface area (Å²) in [5, 5.41) is 12.6. The monoisotopic (exact) mass is 900 g/mol. The standard InChI is InChI=1S/C35H28N6O15S4/c1-17-11-23(57(45,46)47)5-9-27(17)38-40-31-29(59(51,52)53)15-19-13-21(3-7-25(19)33(31)42)36-35(44)37-22-4-8-26-20(14-22)16-30(60(54,55)56)32(34(26)43)41-39-28-10-6-24(12-18(28)2)58(48,49)50/h3-16,38-39H,1-2H3,(H2,36,37,44)(H,45,46,47)(H,48,49,50)(H,51,52,53)(H,54,55,56). The molecule has 0 fully saturated rings. The number of amides is 2. The zero-order valence-electron chi connectivity index (χ0n) is 30.4. The van der Waals surface area contributed by atoms with E-state index in [2.05, 4.69) is 31.7 Å². The molecule has 2 amide bonds. The van der Waals surface area contributed by atoms with E-state index in [1.165, 1.54) is 62.4 Å². The first kappa shape index (κ1) is 43.1. The molecule has 0 spiro atoms. The molecule has 0 bridgehead atoms.